The van der Waals surface area contributed by atoms with Gasteiger partial charge in [0.1, 0.15) is 36.5 Å². The van der Waals surface area contributed by atoms with E-state index in [0.29, 0.717) is 0 Å². The number of hydrogen-bond donors (Lipinski definition) is 6. The predicted octanol–water partition coefficient (Wildman–Crippen LogP) is 0.336. The number of imidazole rings is 2. The minimum atomic E-state index is -5.09. The fourth-order valence-corrected chi connectivity index (χ4v) is 7.29. The van der Waals surface area contributed by atoms with E-state index in [0.717, 1.165) is 0 Å². The molecule has 1 aliphatic carbocycles. The highest BCUT2D eigenvalue weighted by molar-refractivity contribution is 7.47. The van der Waals surface area contributed by atoms with Crippen molar-refractivity contribution in [2.75, 3.05) is 24.7 Å². The number of alkyl halides is 2. The molecule has 1 unspecified atom stereocenters. The summed E-state index contributed by atoms with van der Waals surface area (Å²) in [6.45, 7) is -1.59. The Morgan fingerprint density at radius 3 is 2.40 bits per heavy atom. The molecular formula is C22H26F2N10O11P2. The van der Waals surface area contributed by atoms with E-state index >= 15 is 0 Å². The van der Waals surface area contributed by atoms with Crippen LogP contribution in [0.5, 0.6) is 0 Å². The van der Waals surface area contributed by atoms with Crippen molar-refractivity contribution in [3.63, 3.8) is 0 Å². The molecule has 4 aromatic rings. The van der Waals surface area contributed by atoms with Crippen LogP contribution in [0.2, 0.25) is 0 Å². The van der Waals surface area contributed by atoms with E-state index in [-0.39, 0.29) is 46.9 Å². The van der Waals surface area contributed by atoms with Crippen molar-refractivity contribution in [1.29, 1.82) is 0 Å². The van der Waals surface area contributed by atoms with Crippen molar-refractivity contribution in [2.24, 2.45) is 5.41 Å². The summed E-state index contributed by atoms with van der Waals surface area (Å²) in [5, 5.41) is 0. The van der Waals surface area contributed by atoms with Gasteiger partial charge in [-0.3, -0.25) is 32.5 Å². The van der Waals surface area contributed by atoms with Crippen LogP contribution < -0.4 is 17.0 Å². The Morgan fingerprint density at radius 2 is 1.70 bits per heavy atom. The molecule has 0 amide bonds. The molecule has 47 heavy (non-hydrogen) atoms. The Kier molecular flexibility index (Phi) is 7.52. The number of aromatic nitrogens is 8. The van der Waals surface area contributed by atoms with Crippen LogP contribution in [0.1, 0.15) is 31.7 Å². The van der Waals surface area contributed by atoms with E-state index in [2.05, 4.69) is 34.4 Å². The van der Waals surface area contributed by atoms with Crippen LogP contribution in [-0.2, 0) is 32.2 Å². The SMILES string of the molecule is Nc1nc2c(ncn2[C@H]2C[C@H](OP(=O)(O)OC[C@H]3O[C@@H](n4cnc5c(N)ncnc54)C[C@@]34CC4(F)F)[C@@H](COP(=O)(O)O)O2)c(=O)[nH]1. The summed E-state index contributed by atoms with van der Waals surface area (Å²) in [6.07, 6.45) is -3.57. The number of halogens is 2. The van der Waals surface area contributed by atoms with Crippen LogP contribution in [0.4, 0.5) is 20.5 Å². The van der Waals surface area contributed by atoms with Crippen molar-refractivity contribution in [2.45, 2.75) is 56.0 Å². The van der Waals surface area contributed by atoms with Crippen molar-refractivity contribution in [3.8, 4) is 0 Å². The fraction of sp³-hybridized carbons (Fsp3) is 0.545. The third-order valence-corrected chi connectivity index (χ3v) is 9.82. The number of ether oxygens (including phenoxy) is 2. The average molecular weight is 706 g/mol. The van der Waals surface area contributed by atoms with E-state index in [9.17, 15) is 37.4 Å². The number of nitrogen functional groups attached to an aromatic ring is 2. The predicted molar refractivity (Wildman–Crippen MR) is 150 cm³/mol. The molecule has 3 fully saturated rings. The van der Waals surface area contributed by atoms with Crippen LogP contribution in [0.25, 0.3) is 22.3 Å². The Morgan fingerprint density at radius 1 is 1.00 bits per heavy atom. The average Bonchev–Trinajstić information content (AvgIpc) is 3.56. The summed E-state index contributed by atoms with van der Waals surface area (Å²) < 4.78 is 83.4. The lowest BCUT2D eigenvalue weighted by Gasteiger charge is -2.23. The molecule has 0 radical (unpaired) electrons. The molecule has 254 valence electrons. The molecule has 3 aliphatic rings. The third kappa shape index (κ3) is 5.81. The summed E-state index contributed by atoms with van der Waals surface area (Å²) >= 11 is 0. The number of anilines is 2. The minimum Gasteiger partial charge on any atom is -0.382 e. The lowest BCUT2D eigenvalue weighted by Crippen LogP contribution is -2.30. The first-order valence-electron chi connectivity index (χ1n) is 13.8. The number of nitrogens with zero attached hydrogens (tertiary/aromatic N) is 7. The minimum absolute atomic E-state index is 0.0154. The highest BCUT2D eigenvalue weighted by atomic mass is 31.2. The number of hydrogen-bond acceptors (Lipinski definition) is 15. The zero-order valence-corrected chi connectivity index (χ0v) is 25.5. The number of nitrogens with two attached hydrogens (primary N) is 2. The molecule has 2 aliphatic heterocycles. The lowest BCUT2D eigenvalue weighted by atomic mass is 9.97. The number of phosphoric ester groups is 2. The van der Waals surface area contributed by atoms with Gasteiger partial charge in [-0.1, -0.05) is 0 Å². The van der Waals surface area contributed by atoms with Crippen molar-refractivity contribution in [3.05, 3.63) is 29.3 Å². The highest BCUT2D eigenvalue weighted by Gasteiger charge is 2.78. The summed E-state index contributed by atoms with van der Waals surface area (Å²) in [7, 11) is -10.1. The molecule has 4 aromatic heterocycles. The first kappa shape index (κ1) is 32.1. The maximum atomic E-state index is 14.7. The topological polar surface area (TPSA) is 300 Å². The second-order valence-electron chi connectivity index (χ2n) is 11.2. The third-order valence-electron chi connectivity index (χ3n) is 8.32. The molecule has 7 atom stereocenters. The second-order valence-corrected chi connectivity index (χ2v) is 13.9. The molecule has 0 aromatic carbocycles. The van der Waals surface area contributed by atoms with Crippen LogP contribution in [-0.4, -0.2) is 91.2 Å². The van der Waals surface area contributed by atoms with Gasteiger partial charge in [0.2, 0.25) is 5.95 Å². The zero-order chi connectivity index (χ0) is 33.5. The highest BCUT2D eigenvalue weighted by Crippen LogP contribution is 2.70. The molecule has 25 heteroatoms. The number of phosphoric acid groups is 2. The van der Waals surface area contributed by atoms with E-state index in [4.69, 9.17) is 30.0 Å². The Labute approximate surface area is 260 Å². The Hall–Kier alpha value is -3.50. The van der Waals surface area contributed by atoms with Gasteiger partial charge in [0.25, 0.3) is 11.5 Å². The van der Waals surface area contributed by atoms with Crippen molar-refractivity contribution in [1.82, 2.24) is 39.0 Å². The number of fused-ring (bicyclic) bond motifs is 2. The van der Waals surface area contributed by atoms with Gasteiger partial charge in [-0.25, -0.2) is 37.8 Å². The van der Waals surface area contributed by atoms with E-state index in [1.165, 1.54) is 28.1 Å². The number of H-pyrrole nitrogens is 1. The van der Waals surface area contributed by atoms with E-state index in [1.807, 2.05) is 0 Å². The molecule has 7 rings (SSSR count). The lowest BCUT2D eigenvalue weighted by molar-refractivity contribution is -0.0579. The smallest absolute Gasteiger partial charge is 0.382 e. The van der Waals surface area contributed by atoms with Gasteiger partial charge in [-0.05, 0) is 0 Å². The zero-order valence-electron chi connectivity index (χ0n) is 23.7. The Bertz CT molecular complexity index is 2020. The van der Waals surface area contributed by atoms with Gasteiger partial charge >= 0.3 is 15.6 Å². The Balaban J connectivity index is 1.08. The summed E-state index contributed by atoms with van der Waals surface area (Å²) in [4.78, 5) is 63.6. The number of nitrogens with one attached hydrogen (secondary N) is 1. The molecule has 0 bridgehead atoms. The van der Waals surface area contributed by atoms with Gasteiger partial charge in [0, 0.05) is 19.3 Å². The van der Waals surface area contributed by atoms with Crippen molar-refractivity contribution >= 4 is 49.7 Å². The summed E-state index contributed by atoms with van der Waals surface area (Å²) in [5.74, 6) is -3.32. The molecule has 2 saturated heterocycles. The molecule has 8 N–H and O–H groups in total. The van der Waals surface area contributed by atoms with Crippen LogP contribution in [0.3, 0.4) is 0 Å². The molecule has 21 nitrogen and oxygen atoms in total. The van der Waals surface area contributed by atoms with E-state index < -0.39 is 82.9 Å². The maximum Gasteiger partial charge on any atom is 0.472 e. The van der Waals surface area contributed by atoms with Crippen LogP contribution in [0, 0.1) is 5.41 Å². The van der Waals surface area contributed by atoms with Crippen LogP contribution >= 0.6 is 15.6 Å². The van der Waals surface area contributed by atoms with E-state index in [1.54, 1.807) is 0 Å². The summed E-state index contributed by atoms with van der Waals surface area (Å²) in [5.41, 5.74) is 9.46. The maximum absolute atomic E-state index is 14.7. The largest absolute Gasteiger partial charge is 0.472 e. The van der Waals surface area contributed by atoms with Gasteiger partial charge in [0.05, 0.1) is 37.4 Å². The number of aromatic amines is 1. The first-order valence-corrected chi connectivity index (χ1v) is 16.8. The van der Waals surface area contributed by atoms with Gasteiger partial charge < -0.3 is 35.6 Å². The standard InChI is InChI=1S/C22H26F2N10O11P2/c23-22(24)5-21(22)2-13(34-7-29-14-16(25)27-6-28-17(14)34)44-11(21)4-42-47(39,40)45-9-1-12(43-10(9)3-41-46(36,37)38)33-8-30-15-18(33)31-20(26)32-19(15)35/h6-13H,1-5H2,(H,39,40)(H2,25,27,28)(H2,36,37,38)(H3,26,31,32,35)/t9-,10+,11+,12+,13+,21+/m0/s1. The van der Waals surface area contributed by atoms with Crippen molar-refractivity contribution < 1.29 is 55.6 Å². The van der Waals surface area contributed by atoms with Crippen LogP contribution in [0.15, 0.2) is 23.8 Å². The molecule has 6 heterocycles. The molecular weight excluding hydrogens is 680 g/mol. The normalized spacial score (nSPS) is 30.0. The van der Waals surface area contributed by atoms with Gasteiger partial charge in [0.15, 0.2) is 22.6 Å². The monoisotopic (exact) mass is 706 g/mol. The quantitative estimate of drug-likeness (QED) is 0.121. The molecule has 1 saturated carbocycles. The number of rotatable bonds is 10. The summed E-state index contributed by atoms with van der Waals surface area (Å²) in [6, 6.07) is 0. The first-order chi connectivity index (χ1) is 22.1. The molecule has 1 spiro atoms. The second kappa shape index (κ2) is 11.0. The fourth-order valence-electron chi connectivity index (χ4n) is 6.00. The van der Waals surface area contributed by atoms with Gasteiger partial charge in [-0.15, -0.1) is 0 Å². The van der Waals surface area contributed by atoms with Gasteiger partial charge in [-0.2, -0.15) is 4.98 Å².